The van der Waals surface area contributed by atoms with Gasteiger partial charge >= 0.3 is 0 Å². The number of nitrogens with one attached hydrogen (secondary N) is 1. The fourth-order valence-electron chi connectivity index (χ4n) is 4.04. The van der Waals surface area contributed by atoms with Crippen LogP contribution in [-0.2, 0) is 26.2 Å². The maximum atomic E-state index is 14.0. The largest absolute Gasteiger partial charge is 0.497 e. The summed E-state index contributed by atoms with van der Waals surface area (Å²) in [6.45, 7) is 5.02. The van der Waals surface area contributed by atoms with Gasteiger partial charge in [-0.2, -0.15) is 0 Å². The summed E-state index contributed by atoms with van der Waals surface area (Å²) in [4.78, 5) is 28.6. The van der Waals surface area contributed by atoms with Crippen molar-refractivity contribution in [3.63, 3.8) is 0 Å². The Hall–Kier alpha value is -4.05. The number of para-hydroxylation sites is 2. The van der Waals surface area contributed by atoms with Crippen LogP contribution in [0.15, 0.2) is 83.8 Å². The molecule has 0 radical (unpaired) electrons. The molecule has 3 aromatic rings. The van der Waals surface area contributed by atoms with Gasteiger partial charge in [0.15, 0.2) is 0 Å². The summed E-state index contributed by atoms with van der Waals surface area (Å²) in [7, 11) is -1.18. The highest BCUT2D eigenvalue weighted by atomic mass is 32.2. The molecule has 9 nitrogen and oxygen atoms in total. The number of rotatable bonds is 13. The van der Waals surface area contributed by atoms with E-state index >= 15 is 0 Å². The van der Waals surface area contributed by atoms with Crippen LogP contribution in [0.1, 0.15) is 32.8 Å². The first kappa shape index (κ1) is 30.5. The molecule has 0 unspecified atom stereocenters. The van der Waals surface area contributed by atoms with E-state index in [1.807, 2.05) is 13.8 Å². The fourth-order valence-corrected chi connectivity index (χ4v) is 5.49. The molecule has 0 fully saturated rings. The molecule has 3 aromatic carbocycles. The van der Waals surface area contributed by atoms with E-state index in [1.165, 1.54) is 24.1 Å². The number of hydrogen-bond acceptors (Lipinski definition) is 6. The van der Waals surface area contributed by atoms with Gasteiger partial charge in [-0.05, 0) is 62.2 Å². The van der Waals surface area contributed by atoms with Gasteiger partial charge in [0.25, 0.3) is 10.0 Å². The van der Waals surface area contributed by atoms with Crippen molar-refractivity contribution in [2.24, 2.45) is 0 Å². The van der Waals surface area contributed by atoms with E-state index in [2.05, 4.69) is 5.32 Å². The van der Waals surface area contributed by atoms with Crippen molar-refractivity contribution in [1.29, 1.82) is 0 Å². The zero-order valence-corrected chi connectivity index (χ0v) is 24.4. The molecule has 0 saturated heterocycles. The molecule has 3 rings (SSSR count). The third-order valence-electron chi connectivity index (χ3n) is 6.64. The van der Waals surface area contributed by atoms with Crippen molar-refractivity contribution in [3.8, 4) is 11.5 Å². The van der Waals surface area contributed by atoms with E-state index in [9.17, 15) is 18.0 Å². The predicted molar refractivity (Wildman–Crippen MR) is 155 cm³/mol. The molecule has 0 aromatic heterocycles. The molecule has 214 valence electrons. The van der Waals surface area contributed by atoms with Gasteiger partial charge in [0, 0.05) is 12.6 Å². The second kappa shape index (κ2) is 13.8. The van der Waals surface area contributed by atoms with Crippen molar-refractivity contribution in [1.82, 2.24) is 10.2 Å². The van der Waals surface area contributed by atoms with E-state index in [0.717, 1.165) is 16.3 Å². The highest BCUT2D eigenvalue weighted by Gasteiger charge is 2.33. The summed E-state index contributed by atoms with van der Waals surface area (Å²) in [6, 6.07) is 20.7. The summed E-state index contributed by atoms with van der Waals surface area (Å²) in [5.41, 5.74) is 0.968. The number of carbonyl (C=O) groups is 2. The lowest BCUT2D eigenvalue weighted by Gasteiger charge is -2.32. The summed E-state index contributed by atoms with van der Waals surface area (Å²) in [5.74, 6) is 0.0681. The van der Waals surface area contributed by atoms with Gasteiger partial charge in [0.05, 0.1) is 24.8 Å². The lowest BCUT2D eigenvalue weighted by atomic mass is 10.1. The molecule has 1 N–H and O–H groups in total. The van der Waals surface area contributed by atoms with Gasteiger partial charge in [0.1, 0.15) is 24.1 Å². The highest BCUT2D eigenvalue weighted by molar-refractivity contribution is 7.92. The number of nitrogens with zero attached hydrogens (tertiary/aromatic N) is 2. The van der Waals surface area contributed by atoms with E-state index in [4.69, 9.17) is 9.47 Å². The summed E-state index contributed by atoms with van der Waals surface area (Å²) in [5, 5.41) is 2.92. The SMILES string of the molecule is CC[C@@H](C)NC(=O)[C@@H](C)N(Cc1ccc(OC)cc1)C(=O)CN(c1ccccc1OC)S(=O)(=O)c1ccccc1. The first-order valence-electron chi connectivity index (χ1n) is 13.1. The van der Waals surface area contributed by atoms with Crippen LogP contribution >= 0.6 is 0 Å². The Bertz CT molecular complexity index is 1380. The van der Waals surface area contributed by atoms with Crippen molar-refractivity contribution in [2.45, 2.75) is 50.7 Å². The topological polar surface area (TPSA) is 105 Å². The van der Waals surface area contributed by atoms with Crippen molar-refractivity contribution in [3.05, 3.63) is 84.4 Å². The molecular weight excluding hydrogens is 530 g/mol. The highest BCUT2D eigenvalue weighted by Crippen LogP contribution is 2.32. The van der Waals surface area contributed by atoms with Gasteiger partial charge < -0.3 is 19.7 Å². The monoisotopic (exact) mass is 567 g/mol. The smallest absolute Gasteiger partial charge is 0.264 e. The van der Waals surface area contributed by atoms with Gasteiger partial charge in [-0.1, -0.05) is 49.4 Å². The second-order valence-corrected chi connectivity index (χ2v) is 11.2. The molecule has 0 aliphatic rings. The van der Waals surface area contributed by atoms with Crippen LogP contribution < -0.4 is 19.1 Å². The van der Waals surface area contributed by atoms with E-state index in [0.29, 0.717) is 11.5 Å². The Morgan fingerprint density at radius 2 is 1.50 bits per heavy atom. The molecule has 2 atom stereocenters. The first-order chi connectivity index (χ1) is 19.1. The predicted octanol–water partition coefficient (Wildman–Crippen LogP) is 4.23. The fraction of sp³-hybridized carbons (Fsp3) is 0.333. The number of amides is 2. The van der Waals surface area contributed by atoms with Crippen molar-refractivity contribution in [2.75, 3.05) is 25.1 Å². The molecule has 40 heavy (non-hydrogen) atoms. The third-order valence-corrected chi connectivity index (χ3v) is 8.42. The van der Waals surface area contributed by atoms with Crippen molar-refractivity contribution >= 4 is 27.5 Å². The number of methoxy groups -OCH3 is 2. The number of anilines is 1. The normalized spacial score (nSPS) is 12.6. The van der Waals surface area contributed by atoms with Gasteiger partial charge in [0.2, 0.25) is 11.8 Å². The number of carbonyl (C=O) groups excluding carboxylic acids is 2. The molecule has 0 spiro atoms. The van der Waals surface area contributed by atoms with Crippen LogP contribution in [0.3, 0.4) is 0 Å². The maximum Gasteiger partial charge on any atom is 0.264 e. The zero-order chi connectivity index (χ0) is 29.3. The first-order valence-corrected chi connectivity index (χ1v) is 14.5. The molecule has 2 amide bonds. The zero-order valence-electron chi connectivity index (χ0n) is 23.5. The lowest BCUT2D eigenvalue weighted by molar-refractivity contribution is -0.139. The molecule has 10 heteroatoms. The summed E-state index contributed by atoms with van der Waals surface area (Å²) >= 11 is 0. The standard InChI is InChI=1S/C30H37N3O6S/c1-6-22(2)31-30(35)23(3)32(20-24-16-18-25(38-4)19-17-24)29(34)21-33(27-14-10-11-15-28(27)39-5)40(36,37)26-12-8-7-9-13-26/h7-19,22-23H,6,20-21H2,1-5H3,(H,31,35)/t22-,23-/m1/s1. The number of sulfonamides is 1. The minimum atomic E-state index is -4.18. The average Bonchev–Trinajstić information content (AvgIpc) is 2.98. The van der Waals surface area contributed by atoms with Gasteiger partial charge in [-0.3, -0.25) is 13.9 Å². The van der Waals surface area contributed by atoms with E-state index in [1.54, 1.807) is 80.8 Å². The molecular formula is C30H37N3O6S. The summed E-state index contributed by atoms with van der Waals surface area (Å²) in [6.07, 6.45) is 0.724. The number of benzene rings is 3. The Morgan fingerprint density at radius 3 is 2.10 bits per heavy atom. The van der Waals surface area contributed by atoms with Crippen LogP contribution in [0.4, 0.5) is 5.69 Å². The van der Waals surface area contributed by atoms with Crippen LogP contribution in [-0.4, -0.2) is 58.0 Å². The van der Waals surface area contributed by atoms with Crippen LogP contribution in [0.25, 0.3) is 0 Å². The number of ether oxygens (including phenoxy) is 2. The van der Waals surface area contributed by atoms with Crippen molar-refractivity contribution < 1.29 is 27.5 Å². The van der Waals surface area contributed by atoms with Crippen LogP contribution in [0.5, 0.6) is 11.5 Å². The summed E-state index contributed by atoms with van der Waals surface area (Å²) < 4.78 is 39.5. The molecule has 0 bridgehead atoms. The third kappa shape index (κ3) is 7.32. The van der Waals surface area contributed by atoms with E-state index in [-0.39, 0.29) is 29.1 Å². The average molecular weight is 568 g/mol. The maximum absolute atomic E-state index is 14.0. The molecule has 0 heterocycles. The number of hydrogen-bond donors (Lipinski definition) is 1. The minimum absolute atomic E-state index is 0.0259. The Kier molecular flexibility index (Phi) is 10.6. The second-order valence-electron chi connectivity index (χ2n) is 9.36. The lowest BCUT2D eigenvalue weighted by Crippen LogP contribution is -2.52. The Balaban J connectivity index is 2.04. The van der Waals surface area contributed by atoms with E-state index < -0.39 is 28.5 Å². The molecule has 0 saturated carbocycles. The van der Waals surface area contributed by atoms with Gasteiger partial charge in [-0.15, -0.1) is 0 Å². The molecule has 0 aliphatic heterocycles. The minimum Gasteiger partial charge on any atom is -0.497 e. The van der Waals surface area contributed by atoms with Gasteiger partial charge in [-0.25, -0.2) is 8.42 Å². The Labute approximate surface area is 236 Å². The van der Waals surface area contributed by atoms with Crippen LogP contribution in [0, 0.1) is 0 Å². The quantitative estimate of drug-likeness (QED) is 0.332. The Morgan fingerprint density at radius 1 is 0.875 bits per heavy atom. The molecule has 0 aliphatic carbocycles. The van der Waals surface area contributed by atoms with Crippen LogP contribution in [0.2, 0.25) is 0 Å².